The van der Waals surface area contributed by atoms with Crippen molar-refractivity contribution in [1.29, 1.82) is 0 Å². The maximum Gasteiger partial charge on any atom is 0.349 e. The first-order valence-electron chi connectivity index (χ1n) is 5.58. The number of benzene rings is 1. The number of carbonyl (C=O) groups excluding carboxylic acids is 1. The van der Waals surface area contributed by atoms with Gasteiger partial charge in [-0.25, -0.2) is 4.79 Å². The summed E-state index contributed by atoms with van der Waals surface area (Å²) in [6, 6.07) is 4.09. The molecule has 0 fully saturated rings. The van der Waals surface area contributed by atoms with E-state index in [0.29, 0.717) is 4.47 Å². The molecule has 0 saturated heterocycles. The molecule has 7 heteroatoms. The van der Waals surface area contributed by atoms with Crippen LogP contribution >= 0.6 is 15.9 Å². The fourth-order valence-corrected chi connectivity index (χ4v) is 1.63. The van der Waals surface area contributed by atoms with E-state index in [4.69, 9.17) is 9.47 Å². The second-order valence-electron chi connectivity index (χ2n) is 4.20. The van der Waals surface area contributed by atoms with Crippen LogP contribution in [-0.4, -0.2) is 23.1 Å². The number of nitrogens with zero attached hydrogens (tertiary/aromatic N) is 1. The van der Waals surface area contributed by atoms with Crippen molar-refractivity contribution in [3.63, 3.8) is 0 Å². The average Bonchev–Trinajstić information content (AvgIpc) is 2.31. The van der Waals surface area contributed by atoms with Crippen molar-refractivity contribution in [2.24, 2.45) is 0 Å². The molecule has 0 unspecified atom stereocenters. The van der Waals surface area contributed by atoms with Gasteiger partial charge in [-0.15, -0.1) is 0 Å². The third kappa shape index (κ3) is 3.92. The fraction of sp³-hybridized carbons (Fsp3) is 0.417. The number of rotatable bonds is 5. The van der Waals surface area contributed by atoms with Crippen molar-refractivity contribution in [2.45, 2.75) is 26.4 Å². The maximum absolute atomic E-state index is 11.7. The molecule has 0 bridgehead atoms. The van der Waals surface area contributed by atoms with Gasteiger partial charge in [-0.1, -0.05) is 0 Å². The van der Waals surface area contributed by atoms with Crippen LogP contribution in [0.15, 0.2) is 22.7 Å². The summed E-state index contributed by atoms with van der Waals surface area (Å²) in [6.07, 6.45) is 0. The van der Waals surface area contributed by atoms with Crippen LogP contribution in [0.1, 0.15) is 20.8 Å². The third-order valence-electron chi connectivity index (χ3n) is 2.26. The van der Waals surface area contributed by atoms with Crippen LogP contribution in [0.3, 0.4) is 0 Å². The number of hydrogen-bond acceptors (Lipinski definition) is 5. The van der Waals surface area contributed by atoms with E-state index in [9.17, 15) is 14.9 Å². The molecule has 0 spiro atoms. The highest BCUT2D eigenvalue weighted by molar-refractivity contribution is 9.10. The average molecular weight is 332 g/mol. The maximum atomic E-state index is 11.7. The van der Waals surface area contributed by atoms with Crippen LogP contribution < -0.4 is 4.74 Å². The van der Waals surface area contributed by atoms with E-state index < -0.39 is 16.5 Å². The largest absolute Gasteiger partial charge is 0.475 e. The Kier molecular flexibility index (Phi) is 4.88. The van der Waals surface area contributed by atoms with Gasteiger partial charge in [0.05, 0.1) is 22.1 Å². The van der Waals surface area contributed by atoms with E-state index >= 15 is 0 Å². The molecule has 104 valence electrons. The topological polar surface area (TPSA) is 78.7 Å². The van der Waals surface area contributed by atoms with Gasteiger partial charge < -0.3 is 9.47 Å². The highest BCUT2D eigenvalue weighted by atomic mass is 79.9. The second kappa shape index (κ2) is 6.01. The highest BCUT2D eigenvalue weighted by Gasteiger charge is 2.32. The summed E-state index contributed by atoms with van der Waals surface area (Å²) >= 11 is 3.22. The zero-order valence-electron chi connectivity index (χ0n) is 10.8. The molecule has 0 N–H and O–H groups in total. The molecular formula is C12H14BrNO5. The Labute approximate surface area is 119 Å². The molecule has 19 heavy (non-hydrogen) atoms. The third-order valence-corrected chi connectivity index (χ3v) is 2.91. The minimum absolute atomic E-state index is 0.113. The van der Waals surface area contributed by atoms with Crippen molar-refractivity contribution in [2.75, 3.05) is 6.61 Å². The minimum Gasteiger partial charge on any atom is -0.475 e. The van der Waals surface area contributed by atoms with Gasteiger partial charge in [-0.05, 0) is 42.8 Å². The van der Waals surface area contributed by atoms with Crippen LogP contribution in [0.2, 0.25) is 0 Å². The molecule has 0 aliphatic heterocycles. The monoisotopic (exact) mass is 331 g/mol. The van der Waals surface area contributed by atoms with Crippen molar-refractivity contribution in [1.82, 2.24) is 0 Å². The number of non-ortho nitro benzene ring substituents is 1. The Hall–Kier alpha value is -1.63. The Morgan fingerprint density at radius 1 is 1.47 bits per heavy atom. The molecule has 0 aliphatic rings. The number of hydrogen-bond donors (Lipinski definition) is 0. The molecule has 0 radical (unpaired) electrons. The first-order chi connectivity index (χ1) is 8.77. The zero-order chi connectivity index (χ0) is 14.6. The lowest BCUT2D eigenvalue weighted by molar-refractivity contribution is -0.385. The standard InChI is InChI=1S/C12H14BrNO5/c1-4-18-11(15)12(2,3)19-10-7-8(14(16)17)5-6-9(10)13/h5-7H,4H2,1-3H3. The Morgan fingerprint density at radius 2 is 2.11 bits per heavy atom. The van der Waals surface area contributed by atoms with Crippen LogP contribution in [0.25, 0.3) is 0 Å². The second-order valence-corrected chi connectivity index (χ2v) is 5.06. The Balaban J connectivity index is 3.01. The van der Waals surface area contributed by atoms with Gasteiger partial charge in [0.15, 0.2) is 5.60 Å². The number of carbonyl (C=O) groups is 1. The van der Waals surface area contributed by atoms with Crippen LogP contribution in [0, 0.1) is 10.1 Å². The van der Waals surface area contributed by atoms with E-state index in [-0.39, 0.29) is 18.0 Å². The molecule has 0 heterocycles. The summed E-state index contributed by atoms with van der Waals surface area (Å²) in [7, 11) is 0. The summed E-state index contributed by atoms with van der Waals surface area (Å²) in [5.74, 6) is -0.319. The predicted molar refractivity (Wildman–Crippen MR) is 72.1 cm³/mol. The number of nitro groups is 1. The van der Waals surface area contributed by atoms with Gasteiger partial charge in [0, 0.05) is 6.07 Å². The molecular weight excluding hydrogens is 318 g/mol. The summed E-state index contributed by atoms with van der Waals surface area (Å²) in [6.45, 7) is 5.01. The highest BCUT2D eigenvalue weighted by Crippen LogP contribution is 2.32. The molecule has 1 aromatic carbocycles. The predicted octanol–water partition coefficient (Wildman–Crippen LogP) is 3.08. The molecule has 0 amide bonds. The fourth-order valence-electron chi connectivity index (χ4n) is 1.31. The number of esters is 1. The van der Waals surface area contributed by atoms with Crippen molar-refractivity contribution >= 4 is 27.6 Å². The van der Waals surface area contributed by atoms with Gasteiger partial charge in [-0.2, -0.15) is 0 Å². The quantitative estimate of drug-likeness (QED) is 0.470. The number of halogens is 1. The van der Waals surface area contributed by atoms with Crippen molar-refractivity contribution in [3.05, 3.63) is 32.8 Å². The molecule has 0 saturated carbocycles. The van der Waals surface area contributed by atoms with Crippen molar-refractivity contribution < 1.29 is 19.2 Å². The van der Waals surface area contributed by atoms with Gasteiger partial charge in [0.25, 0.3) is 5.69 Å². The number of nitro benzene ring substituents is 1. The minimum atomic E-state index is -1.23. The van der Waals surface area contributed by atoms with Crippen molar-refractivity contribution in [3.8, 4) is 5.75 Å². The SMILES string of the molecule is CCOC(=O)C(C)(C)Oc1cc([N+](=O)[O-])ccc1Br. The zero-order valence-corrected chi connectivity index (χ0v) is 12.4. The van der Waals surface area contributed by atoms with Gasteiger partial charge >= 0.3 is 5.97 Å². The molecule has 1 aromatic rings. The van der Waals surface area contributed by atoms with Crippen LogP contribution in [0.5, 0.6) is 5.75 Å². The smallest absolute Gasteiger partial charge is 0.349 e. The molecule has 0 aliphatic carbocycles. The van der Waals surface area contributed by atoms with E-state index in [1.807, 2.05) is 0 Å². The summed E-state index contributed by atoms with van der Waals surface area (Å²) < 4.78 is 10.9. The first-order valence-corrected chi connectivity index (χ1v) is 6.37. The van der Waals surface area contributed by atoms with Gasteiger partial charge in [0.2, 0.25) is 0 Å². The van der Waals surface area contributed by atoms with Gasteiger partial charge in [0.1, 0.15) is 5.75 Å². The van der Waals surface area contributed by atoms with Crippen LogP contribution in [-0.2, 0) is 9.53 Å². The van der Waals surface area contributed by atoms with E-state index in [1.54, 1.807) is 6.92 Å². The Morgan fingerprint density at radius 3 is 2.63 bits per heavy atom. The van der Waals surface area contributed by atoms with E-state index in [2.05, 4.69) is 15.9 Å². The van der Waals surface area contributed by atoms with Crippen LogP contribution in [0.4, 0.5) is 5.69 Å². The Bertz CT molecular complexity index is 501. The van der Waals surface area contributed by atoms with Gasteiger partial charge in [-0.3, -0.25) is 10.1 Å². The lowest BCUT2D eigenvalue weighted by Crippen LogP contribution is -2.39. The molecule has 0 aromatic heterocycles. The summed E-state index contributed by atoms with van der Waals surface area (Å²) in [5, 5.41) is 10.7. The summed E-state index contributed by atoms with van der Waals surface area (Å²) in [5.41, 5.74) is -1.34. The summed E-state index contributed by atoms with van der Waals surface area (Å²) in [4.78, 5) is 21.9. The molecule has 0 atom stereocenters. The van der Waals surface area contributed by atoms with E-state index in [1.165, 1.54) is 32.0 Å². The normalized spacial score (nSPS) is 10.9. The molecule has 6 nitrogen and oxygen atoms in total. The first kappa shape index (κ1) is 15.4. The lowest BCUT2D eigenvalue weighted by atomic mass is 10.1. The lowest BCUT2D eigenvalue weighted by Gasteiger charge is -2.24. The molecule has 1 rings (SSSR count). The number of ether oxygens (including phenoxy) is 2. The van der Waals surface area contributed by atoms with E-state index in [0.717, 1.165) is 0 Å².